The van der Waals surface area contributed by atoms with Gasteiger partial charge in [-0.15, -0.1) is 0 Å². The second-order valence-electron chi connectivity index (χ2n) is 5.54. The largest absolute Gasteiger partial charge is 0.324 e. The molecule has 0 radical (unpaired) electrons. The van der Waals surface area contributed by atoms with Crippen molar-refractivity contribution in [2.24, 2.45) is 5.73 Å². The summed E-state index contributed by atoms with van der Waals surface area (Å²) in [6.45, 7) is 4.56. The van der Waals surface area contributed by atoms with Gasteiger partial charge in [-0.2, -0.15) is 0 Å². The first-order valence-electron chi connectivity index (χ1n) is 7.46. The molecule has 0 spiro atoms. The lowest BCUT2D eigenvalue weighted by molar-refractivity contribution is 0.249. The maximum absolute atomic E-state index is 6.28. The van der Waals surface area contributed by atoms with E-state index in [0.29, 0.717) is 0 Å². The van der Waals surface area contributed by atoms with Gasteiger partial charge in [0.15, 0.2) is 0 Å². The van der Waals surface area contributed by atoms with Crippen molar-refractivity contribution in [3.63, 3.8) is 0 Å². The summed E-state index contributed by atoms with van der Waals surface area (Å²) in [5, 5.41) is 0.793. The molecule has 1 aliphatic rings. The Bertz CT molecular complexity index is 390. The Balaban J connectivity index is 1.84. The van der Waals surface area contributed by atoms with Crippen LogP contribution < -0.4 is 5.73 Å². The van der Waals surface area contributed by atoms with Crippen molar-refractivity contribution < 1.29 is 0 Å². The van der Waals surface area contributed by atoms with E-state index in [2.05, 4.69) is 11.8 Å². The first-order valence-corrected chi connectivity index (χ1v) is 7.84. The quantitative estimate of drug-likeness (QED) is 0.780. The van der Waals surface area contributed by atoms with Gasteiger partial charge in [0.2, 0.25) is 0 Å². The lowest BCUT2D eigenvalue weighted by atomic mass is 10.0. The molecule has 1 unspecified atom stereocenters. The number of benzene rings is 1. The molecule has 1 saturated carbocycles. The molecule has 3 heteroatoms. The Morgan fingerprint density at radius 1 is 1.32 bits per heavy atom. The van der Waals surface area contributed by atoms with E-state index >= 15 is 0 Å². The number of hydrogen-bond donors (Lipinski definition) is 1. The minimum Gasteiger partial charge on any atom is -0.324 e. The Morgan fingerprint density at radius 2 is 2.05 bits per heavy atom. The molecule has 0 saturated heterocycles. The molecule has 0 bridgehead atoms. The highest BCUT2D eigenvalue weighted by Gasteiger charge is 2.28. The summed E-state index contributed by atoms with van der Waals surface area (Å²) in [7, 11) is 0. The highest BCUT2D eigenvalue weighted by atomic mass is 35.5. The fourth-order valence-corrected chi connectivity index (χ4v) is 2.79. The monoisotopic (exact) mass is 280 g/mol. The topological polar surface area (TPSA) is 29.3 Å². The van der Waals surface area contributed by atoms with Crippen molar-refractivity contribution in [1.82, 2.24) is 4.90 Å². The maximum atomic E-state index is 6.28. The average Bonchev–Trinajstić information content (AvgIpc) is 3.23. The molecule has 1 fully saturated rings. The molecule has 0 aromatic heterocycles. The highest BCUT2D eigenvalue weighted by Crippen LogP contribution is 2.29. The zero-order valence-electron chi connectivity index (χ0n) is 11.8. The van der Waals surface area contributed by atoms with E-state index < -0.39 is 0 Å². The van der Waals surface area contributed by atoms with E-state index in [0.717, 1.165) is 29.6 Å². The van der Waals surface area contributed by atoms with Gasteiger partial charge in [0, 0.05) is 23.7 Å². The van der Waals surface area contributed by atoms with E-state index in [4.69, 9.17) is 17.3 Å². The van der Waals surface area contributed by atoms with Crippen molar-refractivity contribution >= 4 is 11.6 Å². The normalized spacial score (nSPS) is 16.8. The first-order chi connectivity index (χ1) is 9.22. The third-order valence-corrected chi connectivity index (χ3v) is 4.24. The number of unbranched alkanes of at least 4 members (excludes halogenated alkanes) is 1. The highest BCUT2D eigenvalue weighted by molar-refractivity contribution is 6.31. The van der Waals surface area contributed by atoms with Crippen LogP contribution in [0.5, 0.6) is 0 Å². The fourth-order valence-electron chi connectivity index (χ4n) is 2.51. The average molecular weight is 281 g/mol. The molecule has 0 aliphatic heterocycles. The Labute approximate surface area is 121 Å². The molecular formula is C16H25ClN2. The van der Waals surface area contributed by atoms with Gasteiger partial charge in [0.05, 0.1) is 0 Å². The van der Waals surface area contributed by atoms with Gasteiger partial charge in [-0.3, -0.25) is 0 Å². The van der Waals surface area contributed by atoms with Gasteiger partial charge in [0.1, 0.15) is 0 Å². The maximum Gasteiger partial charge on any atom is 0.0453 e. The predicted octanol–water partition coefficient (Wildman–Crippen LogP) is 3.99. The molecule has 2 nitrogen and oxygen atoms in total. The van der Waals surface area contributed by atoms with E-state index in [1.54, 1.807) is 0 Å². The summed E-state index contributed by atoms with van der Waals surface area (Å²) in [6, 6.07) is 8.81. The fraction of sp³-hybridized carbons (Fsp3) is 0.625. The second kappa shape index (κ2) is 7.28. The lowest BCUT2D eigenvalue weighted by Crippen LogP contribution is -2.30. The number of rotatable bonds is 8. The first kappa shape index (κ1) is 14.8. The summed E-state index contributed by atoms with van der Waals surface area (Å²) in [6.07, 6.45) is 6.28. The van der Waals surface area contributed by atoms with Gasteiger partial charge >= 0.3 is 0 Å². The zero-order chi connectivity index (χ0) is 13.7. The van der Waals surface area contributed by atoms with Gasteiger partial charge < -0.3 is 10.6 Å². The van der Waals surface area contributed by atoms with Crippen LogP contribution in [-0.4, -0.2) is 24.0 Å². The van der Waals surface area contributed by atoms with Crippen molar-refractivity contribution in [2.75, 3.05) is 13.1 Å². The molecule has 0 amide bonds. The standard InChI is InChI=1S/C16H25ClN2/c1-2-3-11-19(13-8-9-13)12-10-16(18)14-6-4-5-7-15(14)17/h4-7,13,16H,2-3,8-12,18H2,1H3. The van der Waals surface area contributed by atoms with E-state index in [1.807, 2.05) is 24.3 Å². The van der Waals surface area contributed by atoms with Crippen LogP contribution in [0.1, 0.15) is 50.6 Å². The molecule has 1 aromatic rings. The summed E-state index contributed by atoms with van der Waals surface area (Å²) in [5.41, 5.74) is 7.36. The molecule has 19 heavy (non-hydrogen) atoms. The minimum atomic E-state index is 0.0524. The third kappa shape index (κ3) is 4.48. The van der Waals surface area contributed by atoms with Crippen LogP contribution in [0.3, 0.4) is 0 Å². The van der Waals surface area contributed by atoms with Crippen molar-refractivity contribution in [3.8, 4) is 0 Å². The molecular weight excluding hydrogens is 256 g/mol. The van der Waals surface area contributed by atoms with Crippen LogP contribution in [0.2, 0.25) is 5.02 Å². The van der Waals surface area contributed by atoms with Gasteiger partial charge in [0.25, 0.3) is 0 Å². The van der Waals surface area contributed by atoms with Crippen LogP contribution in [-0.2, 0) is 0 Å². The second-order valence-corrected chi connectivity index (χ2v) is 5.94. The van der Waals surface area contributed by atoms with Crippen LogP contribution in [0.25, 0.3) is 0 Å². The van der Waals surface area contributed by atoms with Crippen molar-refractivity contribution in [3.05, 3.63) is 34.9 Å². The van der Waals surface area contributed by atoms with Crippen molar-refractivity contribution in [2.45, 2.75) is 51.1 Å². The Kier molecular flexibility index (Phi) is 5.68. The number of halogens is 1. The van der Waals surface area contributed by atoms with Crippen LogP contribution in [0.4, 0.5) is 0 Å². The summed E-state index contributed by atoms with van der Waals surface area (Å²) in [4.78, 5) is 2.61. The summed E-state index contributed by atoms with van der Waals surface area (Å²) >= 11 is 6.20. The van der Waals surface area contributed by atoms with Gasteiger partial charge in [-0.25, -0.2) is 0 Å². The van der Waals surface area contributed by atoms with E-state index in [9.17, 15) is 0 Å². The van der Waals surface area contributed by atoms with Crippen LogP contribution in [0, 0.1) is 0 Å². The molecule has 106 valence electrons. The number of nitrogens with two attached hydrogens (primary N) is 1. The molecule has 1 atom stereocenters. The smallest absolute Gasteiger partial charge is 0.0453 e. The van der Waals surface area contributed by atoms with E-state index in [1.165, 1.54) is 32.2 Å². The van der Waals surface area contributed by atoms with Gasteiger partial charge in [-0.1, -0.05) is 43.1 Å². The zero-order valence-corrected chi connectivity index (χ0v) is 12.6. The molecule has 2 N–H and O–H groups in total. The molecule has 2 rings (SSSR count). The number of nitrogens with zero attached hydrogens (tertiary/aromatic N) is 1. The molecule has 1 aliphatic carbocycles. The lowest BCUT2D eigenvalue weighted by Gasteiger charge is -2.24. The SMILES string of the molecule is CCCCN(CCC(N)c1ccccc1Cl)C1CC1. The predicted molar refractivity (Wildman–Crippen MR) is 82.5 cm³/mol. The Hall–Kier alpha value is -0.570. The van der Waals surface area contributed by atoms with Gasteiger partial charge in [-0.05, 0) is 43.9 Å². The van der Waals surface area contributed by atoms with Crippen molar-refractivity contribution in [1.29, 1.82) is 0 Å². The number of hydrogen-bond acceptors (Lipinski definition) is 2. The Morgan fingerprint density at radius 3 is 2.68 bits per heavy atom. The van der Waals surface area contributed by atoms with Crippen LogP contribution >= 0.6 is 11.6 Å². The van der Waals surface area contributed by atoms with Crippen LogP contribution in [0.15, 0.2) is 24.3 Å². The molecule has 0 heterocycles. The minimum absolute atomic E-state index is 0.0524. The van der Waals surface area contributed by atoms with E-state index in [-0.39, 0.29) is 6.04 Å². The summed E-state index contributed by atoms with van der Waals surface area (Å²) in [5.74, 6) is 0. The molecule has 1 aromatic carbocycles. The third-order valence-electron chi connectivity index (χ3n) is 3.89. The summed E-state index contributed by atoms with van der Waals surface area (Å²) < 4.78 is 0.